The zero-order chi connectivity index (χ0) is 14.2. The van der Waals surface area contributed by atoms with E-state index in [-0.39, 0.29) is 5.97 Å². The first-order chi connectivity index (χ1) is 8.79. The maximum absolute atomic E-state index is 12.0. The number of hydrogen-bond acceptors (Lipinski definition) is 6. The van der Waals surface area contributed by atoms with E-state index in [2.05, 4.69) is 15.0 Å². The van der Waals surface area contributed by atoms with Gasteiger partial charge < -0.3 is 15.0 Å². The summed E-state index contributed by atoms with van der Waals surface area (Å²) in [4.78, 5) is 24.1. The molecule has 0 spiro atoms. The van der Waals surface area contributed by atoms with Crippen LogP contribution in [0.2, 0.25) is 0 Å². The van der Waals surface area contributed by atoms with Crippen molar-refractivity contribution in [3.8, 4) is 0 Å². The monoisotopic (exact) mass is 263 g/mol. The van der Waals surface area contributed by atoms with E-state index in [1.165, 1.54) is 12.7 Å². The number of anilines is 1. The molecule has 0 fully saturated rings. The third-order valence-electron chi connectivity index (χ3n) is 2.55. The number of aromatic nitrogens is 4. The molecule has 19 heavy (non-hydrogen) atoms. The van der Waals surface area contributed by atoms with Crippen molar-refractivity contribution in [2.24, 2.45) is 0 Å². The summed E-state index contributed by atoms with van der Waals surface area (Å²) in [6.07, 6.45) is 2.86. The van der Waals surface area contributed by atoms with Gasteiger partial charge in [0.2, 0.25) is 0 Å². The molecular formula is C12H17N5O2. The Morgan fingerprint density at radius 1 is 1.37 bits per heavy atom. The summed E-state index contributed by atoms with van der Waals surface area (Å²) >= 11 is 0. The minimum Gasteiger partial charge on any atom is -0.458 e. The van der Waals surface area contributed by atoms with Gasteiger partial charge in [0.1, 0.15) is 23.5 Å². The smallest absolute Gasteiger partial charge is 0.329 e. The molecule has 0 aliphatic heterocycles. The number of esters is 1. The van der Waals surface area contributed by atoms with Crippen molar-refractivity contribution in [1.82, 2.24) is 19.5 Å². The Bertz CT molecular complexity index is 614. The molecule has 0 amide bonds. The van der Waals surface area contributed by atoms with Gasteiger partial charge in [-0.1, -0.05) is 0 Å². The second-order valence-electron chi connectivity index (χ2n) is 5.29. The van der Waals surface area contributed by atoms with E-state index in [1.807, 2.05) is 20.8 Å². The van der Waals surface area contributed by atoms with Gasteiger partial charge in [0.25, 0.3) is 0 Å². The van der Waals surface area contributed by atoms with Crippen molar-refractivity contribution in [3.63, 3.8) is 0 Å². The van der Waals surface area contributed by atoms with Crippen LogP contribution in [-0.4, -0.2) is 31.1 Å². The number of carbonyl (C=O) groups is 1. The quantitative estimate of drug-likeness (QED) is 0.821. The van der Waals surface area contributed by atoms with Crippen LogP contribution in [0.15, 0.2) is 12.7 Å². The molecule has 2 aromatic heterocycles. The van der Waals surface area contributed by atoms with Gasteiger partial charge in [0.15, 0.2) is 11.5 Å². The highest BCUT2D eigenvalue weighted by molar-refractivity contribution is 5.83. The van der Waals surface area contributed by atoms with E-state index in [0.29, 0.717) is 17.0 Å². The normalized spacial score (nSPS) is 13.5. The van der Waals surface area contributed by atoms with E-state index < -0.39 is 11.6 Å². The van der Waals surface area contributed by atoms with E-state index in [1.54, 1.807) is 11.5 Å². The maximum Gasteiger partial charge on any atom is 0.329 e. The molecule has 102 valence electrons. The highest BCUT2D eigenvalue weighted by Gasteiger charge is 2.24. The second-order valence-corrected chi connectivity index (χ2v) is 5.29. The molecule has 1 unspecified atom stereocenters. The number of nitrogen functional groups attached to an aromatic ring is 1. The molecule has 2 heterocycles. The third kappa shape index (κ3) is 2.64. The number of rotatable bonds is 2. The summed E-state index contributed by atoms with van der Waals surface area (Å²) in [6, 6.07) is -0.529. The lowest BCUT2D eigenvalue weighted by molar-refractivity contribution is -0.158. The van der Waals surface area contributed by atoms with Gasteiger partial charge in [-0.05, 0) is 27.7 Å². The number of imidazole rings is 1. The van der Waals surface area contributed by atoms with Crippen LogP contribution in [0.25, 0.3) is 11.2 Å². The van der Waals surface area contributed by atoms with Crippen LogP contribution in [0.5, 0.6) is 0 Å². The molecule has 0 radical (unpaired) electrons. The van der Waals surface area contributed by atoms with Gasteiger partial charge in [-0.3, -0.25) is 0 Å². The molecule has 2 N–H and O–H groups in total. The fraction of sp³-hybridized carbons (Fsp3) is 0.500. The number of ether oxygens (including phenoxy) is 1. The molecule has 0 aromatic carbocycles. The highest BCUT2D eigenvalue weighted by atomic mass is 16.6. The SMILES string of the molecule is CC(C(=O)OC(C)(C)C)n1cnc2c(N)ncnc21. The lowest BCUT2D eigenvalue weighted by atomic mass is 10.2. The lowest BCUT2D eigenvalue weighted by Gasteiger charge is -2.22. The second kappa shape index (κ2) is 4.49. The average Bonchev–Trinajstić information content (AvgIpc) is 2.71. The van der Waals surface area contributed by atoms with Gasteiger partial charge in [-0.25, -0.2) is 19.7 Å². The number of hydrogen-bond donors (Lipinski definition) is 1. The molecule has 0 aliphatic rings. The topological polar surface area (TPSA) is 95.9 Å². The summed E-state index contributed by atoms with van der Waals surface area (Å²) in [7, 11) is 0. The van der Waals surface area contributed by atoms with Crippen LogP contribution in [0.3, 0.4) is 0 Å². The van der Waals surface area contributed by atoms with Crippen LogP contribution in [-0.2, 0) is 9.53 Å². The molecule has 1 atom stereocenters. The lowest BCUT2D eigenvalue weighted by Crippen LogP contribution is -2.29. The van der Waals surface area contributed by atoms with Crippen molar-refractivity contribution in [1.29, 1.82) is 0 Å². The Labute approximate surface area is 110 Å². The van der Waals surface area contributed by atoms with E-state index in [0.717, 1.165) is 0 Å². The zero-order valence-electron chi connectivity index (χ0n) is 11.4. The fourth-order valence-corrected chi connectivity index (χ4v) is 1.65. The largest absolute Gasteiger partial charge is 0.458 e. The van der Waals surface area contributed by atoms with Crippen LogP contribution in [0.4, 0.5) is 5.82 Å². The van der Waals surface area contributed by atoms with E-state index in [4.69, 9.17) is 10.5 Å². The van der Waals surface area contributed by atoms with Gasteiger partial charge in [0, 0.05) is 0 Å². The number of fused-ring (bicyclic) bond motifs is 1. The van der Waals surface area contributed by atoms with E-state index in [9.17, 15) is 4.79 Å². The minimum absolute atomic E-state index is 0.292. The summed E-state index contributed by atoms with van der Waals surface area (Å²) < 4.78 is 6.97. The Morgan fingerprint density at radius 3 is 2.68 bits per heavy atom. The van der Waals surface area contributed by atoms with Gasteiger partial charge in [0.05, 0.1) is 6.33 Å². The predicted octanol–water partition coefficient (Wildman–Crippen LogP) is 1.31. The Kier molecular flexibility index (Phi) is 3.13. The van der Waals surface area contributed by atoms with Crippen molar-refractivity contribution in [2.45, 2.75) is 39.3 Å². The van der Waals surface area contributed by atoms with Gasteiger partial charge >= 0.3 is 5.97 Å². The summed E-state index contributed by atoms with van der Waals surface area (Å²) in [5.41, 5.74) is 6.18. The van der Waals surface area contributed by atoms with Crippen molar-refractivity contribution >= 4 is 23.0 Å². The molecule has 0 saturated heterocycles. The Morgan fingerprint density at radius 2 is 2.05 bits per heavy atom. The van der Waals surface area contributed by atoms with Gasteiger partial charge in [-0.15, -0.1) is 0 Å². The molecule has 0 saturated carbocycles. The molecule has 2 rings (SSSR count). The number of nitrogens with two attached hydrogens (primary N) is 1. The molecule has 2 aromatic rings. The predicted molar refractivity (Wildman–Crippen MR) is 70.3 cm³/mol. The molecular weight excluding hydrogens is 246 g/mol. The first-order valence-corrected chi connectivity index (χ1v) is 5.95. The van der Waals surface area contributed by atoms with Crippen molar-refractivity contribution < 1.29 is 9.53 Å². The third-order valence-corrected chi connectivity index (χ3v) is 2.55. The Balaban J connectivity index is 2.34. The molecule has 7 heteroatoms. The zero-order valence-corrected chi connectivity index (χ0v) is 11.4. The Hall–Kier alpha value is -2.18. The molecule has 7 nitrogen and oxygen atoms in total. The standard InChI is InChI=1S/C12H17N5O2/c1-7(11(18)19-12(2,3)4)17-6-16-8-9(13)14-5-15-10(8)17/h5-7H,1-4H3,(H2,13,14,15). The summed E-state index contributed by atoms with van der Waals surface area (Å²) in [6.45, 7) is 7.20. The summed E-state index contributed by atoms with van der Waals surface area (Å²) in [5, 5.41) is 0. The number of carbonyl (C=O) groups excluding carboxylic acids is 1. The highest BCUT2D eigenvalue weighted by Crippen LogP contribution is 2.21. The van der Waals surface area contributed by atoms with Crippen LogP contribution in [0, 0.1) is 0 Å². The van der Waals surface area contributed by atoms with Gasteiger partial charge in [-0.2, -0.15) is 0 Å². The first-order valence-electron chi connectivity index (χ1n) is 5.95. The summed E-state index contributed by atoms with van der Waals surface area (Å²) in [5.74, 6) is -0.0517. The molecule has 0 aliphatic carbocycles. The van der Waals surface area contributed by atoms with Crippen LogP contribution >= 0.6 is 0 Å². The van der Waals surface area contributed by atoms with Crippen molar-refractivity contribution in [3.05, 3.63) is 12.7 Å². The fourth-order valence-electron chi connectivity index (χ4n) is 1.65. The molecule has 0 bridgehead atoms. The van der Waals surface area contributed by atoms with Crippen molar-refractivity contribution in [2.75, 3.05) is 5.73 Å². The maximum atomic E-state index is 12.0. The van der Waals surface area contributed by atoms with E-state index >= 15 is 0 Å². The average molecular weight is 263 g/mol. The van der Waals surface area contributed by atoms with Crippen LogP contribution in [0.1, 0.15) is 33.7 Å². The number of nitrogens with zero attached hydrogens (tertiary/aromatic N) is 4. The minimum atomic E-state index is -0.532. The first kappa shape index (κ1) is 13.3. The van der Waals surface area contributed by atoms with Crippen LogP contribution < -0.4 is 5.73 Å².